The topological polar surface area (TPSA) is 67.8 Å². The van der Waals surface area contributed by atoms with E-state index in [1.54, 1.807) is 13.2 Å². The molecule has 2 N–H and O–H groups in total. The molecule has 21 heavy (non-hydrogen) atoms. The number of unbranched alkanes of at least 4 members (excludes halogenated alkanes) is 1. The van der Waals surface area contributed by atoms with Crippen molar-refractivity contribution >= 4 is 12.0 Å². The Morgan fingerprint density at radius 3 is 2.86 bits per heavy atom. The Morgan fingerprint density at radius 2 is 2.19 bits per heavy atom. The average molecular weight is 293 g/mol. The number of rotatable bonds is 9. The summed E-state index contributed by atoms with van der Waals surface area (Å²) in [6, 6.07) is 5.51. The fourth-order valence-electron chi connectivity index (χ4n) is 1.64. The SMILES string of the molecule is CCCCOc1ccc(/C=C/C(=O)NCCO)cc1OC. The number of benzene rings is 1. The van der Waals surface area contributed by atoms with Crippen LogP contribution in [0.25, 0.3) is 6.08 Å². The summed E-state index contributed by atoms with van der Waals surface area (Å²) in [5.74, 6) is 1.10. The van der Waals surface area contributed by atoms with Gasteiger partial charge in [0.15, 0.2) is 11.5 Å². The second kappa shape index (κ2) is 9.83. The van der Waals surface area contributed by atoms with Gasteiger partial charge in [-0.1, -0.05) is 19.4 Å². The number of hydrogen-bond acceptors (Lipinski definition) is 4. The molecule has 0 aliphatic rings. The van der Waals surface area contributed by atoms with Gasteiger partial charge in [-0.25, -0.2) is 0 Å². The van der Waals surface area contributed by atoms with E-state index in [0.29, 0.717) is 18.1 Å². The van der Waals surface area contributed by atoms with Crippen LogP contribution in [-0.4, -0.2) is 37.9 Å². The van der Waals surface area contributed by atoms with Gasteiger partial charge in [-0.15, -0.1) is 0 Å². The Hall–Kier alpha value is -2.01. The molecule has 0 atom stereocenters. The lowest BCUT2D eigenvalue weighted by Gasteiger charge is -2.10. The lowest BCUT2D eigenvalue weighted by Crippen LogP contribution is -2.24. The molecule has 0 spiro atoms. The number of methoxy groups -OCH3 is 1. The van der Waals surface area contributed by atoms with Crippen LogP contribution in [0.3, 0.4) is 0 Å². The average Bonchev–Trinajstić information content (AvgIpc) is 2.51. The number of carbonyl (C=O) groups is 1. The van der Waals surface area contributed by atoms with E-state index < -0.39 is 0 Å². The number of carbonyl (C=O) groups excluding carboxylic acids is 1. The maximum absolute atomic E-state index is 11.4. The van der Waals surface area contributed by atoms with E-state index in [4.69, 9.17) is 14.6 Å². The Morgan fingerprint density at radius 1 is 1.38 bits per heavy atom. The Bertz CT molecular complexity index is 471. The number of hydrogen-bond donors (Lipinski definition) is 2. The van der Waals surface area contributed by atoms with Crippen LogP contribution in [-0.2, 0) is 4.79 Å². The zero-order chi connectivity index (χ0) is 15.5. The molecule has 116 valence electrons. The smallest absolute Gasteiger partial charge is 0.244 e. The molecule has 0 bridgehead atoms. The van der Waals surface area contributed by atoms with Crippen LogP contribution in [0, 0.1) is 0 Å². The van der Waals surface area contributed by atoms with E-state index in [0.717, 1.165) is 18.4 Å². The largest absolute Gasteiger partial charge is 0.493 e. The minimum absolute atomic E-state index is 0.0722. The van der Waals surface area contributed by atoms with E-state index >= 15 is 0 Å². The first-order chi connectivity index (χ1) is 10.2. The maximum atomic E-state index is 11.4. The summed E-state index contributed by atoms with van der Waals surface area (Å²) >= 11 is 0. The third-order valence-electron chi connectivity index (χ3n) is 2.78. The molecule has 0 radical (unpaired) electrons. The molecule has 5 heteroatoms. The molecule has 0 aromatic heterocycles. The van der Waals surface area contributed by atoms with Crippen molar-refractivity contribution in [2.45, 2.75) is 19.8 Å². The van der Waals surface area contributed by atoms with Crippen LogP contribution in [0.4, 0.5) is 0 Å². The maximum Gasteiger partial charge on any atom is 0.244 e. The van der Waals surface area contributed by atoms with E-state index in [2.05, 4.69) is 12.2 Å². The van der Waals surface area contributed by atoms with Crippen LogP contribution in [0.15, 0.2) is 24.3 Å². The molecule has 1 aromatic carbocycles. The monoisotopic (exact) mass is 293 g/mol. The van der Waals surface area contributed by atoms with Crippen molar-refractivity contribution in [2.75, 3.05) is 26.9 Å². The summed E-state index contributed by atoms with van der Waals surface area (Å²) in [4.78, 5) is 11.4. The van der Waals surface area contributed by atoms with Gasteiger partial charge in [0, 0.05) is 12.6 Å². The molecule has 0 aliphatic heterocycles. The van der Waals surface area contributed by atoms with Gasteiger partial charge in [0.1, 0.15) is 0 Å². The van der Waals surface area contributed by atoms with Gasteiger partial charge in [0.05, 0.1) is 20.3 Å². The molecule has 0 aliphatic carbocycles. The summed E-state index contributed by atoms with van der Waals surface area (Å²) in [6.45, 7) is 2.94. The minimum Gasteiger partial charge on any atom is -0.493 e. The predicted molar refractivity (Wildman–Crippen MR) is 82.5 cm³/mol. The third-order valence-corrected chi connectivity index (χ3v) is 2.78. The minimum atomic E-state index is -0.244. The number of nitrogens with one attached hydrogen (secondary N) is 1. The van der Waals surface area contributed by atoms with Gasteiger partial charge in [-0.3, -0.25) is 4.79 Å². The molecule has 1 rings (SSSR count). The molecule has 0 fully saturated rings. The molecule has 0 heterocycles. The summed E-state index contributed by atoms with van der Waals surface area (Å²) < 4.78 is 10.9. The Kier molecular flexibility index (Phi) is 7.97. The van der Waals surface area contributed by atoms with Gasteiger partial charge in [0.2, 0.25) is 5.91 Å². The van der Waals surface area contributed by atoms with Crippen molar-refractivity contribution in [3.8, 4) is 11.5 Å². The fourth-order valence-corrected chi connectivity index (χ4v) is 1.64. The zero-order valence-electron chi connectivity index (χ0n) is 12.6. The van der Waals surface area contributed by atoms with Crippen LogP contribution in [0.2, 0.25) is 0 Å². The first-order valence-electron chi connectivity index (χ1n) is 7.08. The van der Waals surface area contributed by atoms with Gasteiger partial charge in [-0.2, -0.15) is 0 Å². The highest BCUT2D eigenvalue weighted by Crippen LogP contribution is 2.28. The van der Waals surface area contributed by atoms with E-state index in [-0.39, 0.29) is 19.1 Å². The van der Waals surface area contributed by atoms with Gasteiger partial charge >= 0.3 is 0 Å². The second-order valence-electron chi connectivity index (χ2n) is 4.46. The summed E-state index contributed by atoms with van der Waals surface area (Å²) in [5, 5.41) is 11.2. The first-order valence-corrected chi connectivity index (χ1v) is 7.08. The van der Waals surface area contributed by atoms with Crippen LogP contribution >= 0.6 is 0 Å². The molecular weight excluding hydrogens is 270 g/mol. The summed E-state index contributed by atoms with van der Waals surface area (Å²) in [7, 11) is 1.59. The lowest BCUT2D eigenvalue weighted by atomic mass is 10.2. The van der Waals surface area contributed by atoms with Crippen molar-refractivity contribution in [3.63, 3.8) is 0 Å². The van der Waals surface area contributed by atoms with Gasteiger partial charge in [-0.05, 0) is 30.2 Å². The van der Waals surface area contributed by atoms with Crippen molar-refractivity contribution in [2.24, 2.45) is 0 Å². The highest BCUT2D eigenvalue weighted by atomic mass is 16.5. The molecule has 1 amide bonds. The summed E-state index contributed by atoms with van der Waals surface area (Å²) in [5.41, 5.74) is 0.842. The second-order valence-corrected chi connectivity index (χ2v) is 4.46. The van der Waals surface area contributed by atoms with Crippen molar-refractivity contribution in [1.82, 2.24) is 5.32 Å². The van der Waals surface area contributed by atoms with Crippen LogP contribution in [0.5, 0.6) is 11.5 Å². The molecule has 0 saturated carbocycles. The van der Waals surface area contributed by atoms with Gasteiger partial charge in [0.25, 0.3) is 0 Å². The molecule has 0 saturated heterocycles. The highest BCUT2D eigenvalue weighted by molar-refractivity contribution is 5.91. The molecule has 0 unspecified atom stereocenters. The van der Waals surface area contributed by atoms with Gasteiger partial charge < -0.3 is 19.9 Å². The van der Waals surface area contributed by atoms with Crippen LogP contribution < -0.4 is 14.8 Å². The van der Waals surface area contributed by atoms with E-state index in [1.165, 1.54) is 6.08 Å². The Labute approximate surface area is 125 Å². The fraction of sp³-hybridized carbons (Fsp3) is 0.438. The molecule has 1 aromatic rings. The lowest BCUT2D eigenvalue weighted by molar-refractivity contribution is -0.116. The standard InChI is InChI=1S/C16H23NO4/c1-3-4-11-21-14-7-5-13(12-15(14)20-2)6-8-16(19)17-9-10-18/h5-8,12,18H,3-4,9-11H2,1-2H3,(H,17,19)/b8-6+. The summed E-state index contributed by atoms with van der Waals surface area (Å²) in [6.07, 6.45) is 5.18. The normalized spacial score (nSPS) is 10.6. The van der Waals surface area contributed by atoms with Crippen molar-refractivity contribution in [3.05, 3.63) is 29.8 Å². The van der Waals surface area contributed by atoms with Crippen LogP contribution in [0.1, 0.15) is 25.3 Å². The van der Waals surface area contributed by atoms with Crippen molar-refractivity contribution < 1.29 is 19.4 Å². The van der Waals surface area contributed by atoms with E-state index in [9.17, 15) is 4.79 Å². The Balaban J connectivity index is 2.68. The number of amides is 1. The first kappa shape index (κ1) is 17.0. The highest BCUT2D eigenvalue weighted by Gasteiger charge is 2.04. The predicted octanol–water partition coefficient (Wildman–Crippen LogP) is 2.00. The number of aliphatic hydroxyl groups excluding tert-OH is 1. The molecule has 5 nitrogen and oxygen atoms in total. The van der Waals surface area contributed by atoms with Crippen molar-refractivity contribution in [1.29, 1.82) is 0 Å². The quantitative estimate of drug-likeness (QED) is 0.540. The van der Waals surface area contributed by atoms with E-state index in [1.807, 2.05) is 18.2 Å². The third kappa shape index (κ3) is 6.31. The zero-order valence-corrected chi connectivity index (χ0v) is 12.6. The molecular formula is C16H23NO4. The number of ether oxygens (including phenoxy) is 2. The number of aliphatic hydroxyl groups is 1.